The Bertz CT molecular complexity index is 320. The summed E-state index contributed by atoms with van der Waals surface area (Å²) in [6.45, 7) is 4.14. The van der Waals surface area contributed by atoms with Gasteiger partial charge in [0, 0.05) is 13.1 Å². The zero-order valence-corrected chi connectivity index (χ0v) is 10.1. The number of hydrogen-bond acceptors (Lipinski definition) is 2. The first-order valence-corrected chi connectivity index (χ1v) is 5.68. The molecule has 0 spiro atoms. The van der Waals surface area contributed by atoms with E-state index in [4.69, 9.17) is 4.74 Å². The molecule has 3 nitrogen and oxygen atoms in total. The van der Waals surface area contributed by atoms with Gasteiger partial charge in [-0.05, 0) is 25.0 Å². The summed E-state index contributed by atoms with van der Waals surface area (Å²) in [6.07, 6.45) is 1.59. The predicted octanol–water partition coefficient (Wildman–Crippen LogP) is 3.31. The Hall–Kier alpha value is -1.51. The lowest BCUT2D eigenvalue weighted by Crippen LogP contribution is -2.38. The van der Waals surface area contributed by atoms with Crippen LogP contribution in [0.1, 0.15) is 26.7 Å². The van der Waals surface area contributed by atoms with Crippen LogP contribution in [0.2, 0.25) is 0 Å². The van der Waals surface area contributed by atoms with Crippen LogP contribution in [0.25, 0.3) is 0 Å². The van der Waals surface area contributed by atoms with Crippen molar-refractivity contribution in [3.05, 3.63) is 30.3 Å². The normalized spacial score (nSPS) is 10.2. The molecule has 0 fully saturated rings. The maximum absolute atomic E-state index is 11.8. The molecule has 16 heavy (non-hydrogen) atoms. The Morgan fingerprint density at radius 3 is 2.31 bits per heavy atom. The summed E-state index contributed by atoms with van der Waals surface area (Å²) < 4.78 is 5.25. The lowest BCUT2D eigenvalue weighted by molar-refractivity contribution is 0.142. The first-order valence-electron chi connectivity index (χ1n) is 5.68. The molecule has 1 aromatic rings. The average Bonchev–Trinajstić information content (AvgIpc) is 2.31. The van der Waals surface area contributed by atoms with Gasteiger partial charge in [-0.15, -0.1) is 0 Å². The van der Waals surface area contributed by atoms with Gasteiger partial charge in [-0.2, -0.15) is 0 Å². The third-order valence-corrected chi connectivity index (χ3v) is 2.73. The highest BCUT2D eigenvalue weighted by Crippen LogP contribution is 2.12. The quantitative estimate of drug-likeness (QED) is 0.780. The number of carbonyl (C=O) groups is 1. The van der Waals surface area contributed by atoms with Gasteiger partial charge in [-0.3, -0.25) is 0 Å². The molecule has 1 amide bonds. The second-order valence-electron chi connectivity index (χ2n) is 3.76. The fourth-order valence-corrected chi connectivity index (χ4v) is 1.65. The molecule has 0 unspecified atom stereocenters. The summed E-state index contributed by atoms with van der Waals surface area (Å²) in [5.41, 5.74) is 0. The molecule has 0 aliphatic rings. The highest BCUT2D eigenvalue weighted by Gasteiger charge is 2.18. The Balaban J connectivity index is 2.58. The maximum atomic E-state index is 11.8. The first-order chi connectivity index (χ1) is 7.69. The Morgan fingerprint density at radius 2 is 1.81 bits per heavy atom. The lowest BCUT2D eigenvalue weighted by Gasteiger charge is -2.25. The number of benzene rings is 1. The summed E-state index contributed by atoms with van der Waals surface area (Å²) in [6, 6.07) is 9.38. The molecule has 0 aromatic heterocycles. The second-order valence-corrected chi connectivity index (χ2v) is 3.76. The van der Waals surface area contributed by atoms with Crippen molar-refractivity contribution in [2.24, 2.45) is 0 Å². The van der Waals surface area contributed by atoms with Crippen molar-refractivity contribution in [3.63, 3.8) is 0 Å². The molecule has 1 rings (SSSR count). The largest absolute Gasteiger partial charge is 0.415 e. The highest BCUT2D eigenvalue weighted by atomic mass is 16.6. The van der Waals surface area contributed by atoms with Crippen molar-refractivity contribution in [1.29, 1.82) is 0 Å². The number of para-hydroxylation sites is 1. The molecule has 0 N–H and O–H groups in total. The van der Waals surface area contributed by atoms with E-state index in [1.807, 2.05) is 18.2 Å². The van der Waals surface area contributed by atoms with Crippen LogP contribution in [0, 0.1) is 0 Å². The van der Waals surface area contributed by atoms with Crippen molar-refractivity contribution in [3.8, 4) is 5.75 Å². The number of ether oxygens (including phenoxy) is 1. The van der Waals surface area contributed by atoms with Crippen molar-refractivity contribution in [2.75, 3.05) is 7.05 Å². The van der Waals surface area contributed by atoms with Crippen molar-refractivity contribution in [2.45, 2.75) is 32.7 Å². The molecule has 0 saturated heterocycles. The molecule has 0 aliphatic heterocycles. The van der Waals surface area contributed by atoms with Crippen LogP contribution in [-0.2, 0) is 0 Å². The molecule has 1 aromatic carbocycles. The molecular weight excluding hydrogens is 202 g/mol. The highest BCUT2D eigenvalue weighted by molar-refractivity contribution is 5.70. The molecule has 0 atom stereocenters. The van der Waals surface area contributed by atoms with E-state index in [1.54, 1.807) is 24.1 Å². The van der Waals surface area contributed by atoms with Crippen LogP contribution in [0.5, 0.6) is 5.75 Å². The smallest absolute Gasteiger partial charge is 0.410 e. The van der Waals surface area contributed by atoms with E-state index >= 15 is 0 Å². The van der Waals surface area contributed by atoms with Gasteiger partial charge in [0.15, 0.2) is 0 Å². The van der Waals surface area contributed by atoms with Gasteiger partial charge in [0.2, 0.25) is 0 Å². The van der Waals surface area contributed by atoms with E-state index < -0.39 is 0 Å². The summed E-state index contributed by atoms with van der Waals surface area (Å²) >= 11 is 0. The number of rotatable bonds is 4. The number of carbonyl (C=O) groups excluding carboxylic acids is 1. The van der Waals surface area contributed by atoms with E-state index in [0.29, 0.717) is 5.75 Å². The van der Waals surface area contributed by atoms with Crippen LogP contribution in [0.3, 0.4) is 0 Å². The summed E-state index contributed by atoms with van der Waals surface area (Å²) in [5.74, 6) is 0.588. The molecular formula is C13H19NO2. The minimum absolute atomic E-state index is 0.246. The maximum Gasteiger partial charge on any atom is 0.415 e. The van der Waals surface area contributed by atoms with Crippen LogP contribution >= 0.6 is 0 Å². The molecule has 3 heteroatoms. The Labute approximate surface area is 97.0 Å². The van der Waals surface area contributed by atoms with E-state index in [-0.39, 0.29) is 12.1 Å². The average molecular weight is 221 g/mol. The third-order valence-electron chi connectivity index (χ3n) is 2.73. The fourth-order valence-electron chi connectivity index (χ4n) is 1.65. The summed E-state index contributed by atoms with van der Waals surface area (Å²) in [4.78, 5) is 13.4. The van der Waals surface area contributed by atoms with Crippen LogP contribution in [0.4, 0.5) is 4.79 Å². The van der Waals surface area contributed by atoms with Gasteiger partial charge in [-0.1, -0.05) is 32.0 Å². The van der Waals surface area contributed by atoms with Crippen molar-refractivity contribution < 1.29 is 9.53 Å². The monoisotopic (exact) mass is 221 g/mol. The molecule has 0 radical (unpaired) electrons. The predicted molar refractivity (Wildman–Crippen MR) is 64.6 cm³/mol. The summed E-state index contributed by atoms with van der Waals surface area (Å²) in [7, 11) is 1.78. The number of nitrogens with zero attached hydrogens (tertiary/aromatic N) is 1. The Morgan fingerprint density at radius 1 is 1.25 bits per heavy atom. The lowest BCUT2D eigenvalue weighted by atomic mass is 10.1. The third kappa shape index (κ3) is 3.26. The van der Waals surface area contributed by atoms with Crippen molar-refractivity contribution in [1.82, 2.24) is 4.90 Å². The first kappa shape index (κ1) is 12.6. The molecule has 88 valence electrons. The van der Waals surface area contributed by atoms with E-state index in [0.717, 1.165) is 12.8 Å². The van der Waals surface area contributed by atoms with Crippen LogP contribution in [-0.4, -0.2) is 24.1 Å². The molecule has 0 bridgehead atoms. The standard InChI is InChI=1S/C13H19NO2/c1-4-11(5-2)14(3)13(15)16-12-9-7-6-8-10-12/h6-11H,4-5H2,1-3H3. The fraction of sp³-hybridized carbons (Fsp3) is 0.462. The zero-order chi connectivity index (χ0) is 12.0. The van der Waals surface area contributed by atoms with E-state index in [9.17, 15) is 4.79 Å². The SMILES string of the molecule is CCC(CC)N(C)C(=O)Oc1ccccc1. The van der Waals surface area contributed by atoms with Gasteiger partial charge >= 0.3 is 6.09 Å². The van der Waals surface area contributed by atoms with Gasteiger partial charge in [-0.25, -0.2) is 4.79 Å². The minimum atomic E-state index is -0.292. The molecule has 0 aliphatic carbocycles. The van der Waals surface area contributed by atoms with E-state index in [2.05, 4.69) is 13.8 Å². The topological polar surface area (TPSA) is 29.5 Å². The number of hydrogen-bond donors (Lipinski definition) is 0. The Kier molecular flexibility index (Phi) is 4.83. The van der Waals surface area contributed by atoms with Crippen LogP contribution < -0.4 is 4.74 Å². The molecule has 0 saturated carbocycles. The minimum Gasteiger partial charge on any atom is -0.410 e. The zero-order valence-electron chi connectivity index (χ0n) is 10.1. The molecule has 0 heterocycles. The summed E-state index contributed by atoms with van der Waals surface area (Å²) in [5, 5.41) is 0. The van der Waals surface area contributed by atoms with Crippen LogP contribution in [0.15, 0.2) is 30.3 Å². The van der Waals surface area contributed by atoms with Gasteiger partial charge in [0.05, 0.1) is 0 Å². The van der Waals surface area contributed by atoms with Crippen molar-refractivity contribution >= 4 is 6.09 Å². The van der Waals surface area contributed by atoms with E-state index in [1.165, 1.54) is 0 Å². The van der Waals surface area contributed by atoms with Gasteiger partial charge in [0.25, 0.3) is 0 Å². The van der Waals surface area contributed by atoms with Gasteiger partial charge < -0.3 is 9.64 Å². The second kappa shape index (κ2) is 6.16. The number of amides is 1. The van der Waals surface area contributed by atoms with Gasteiger partial charge in [0.1, 0.15) is 5.75 Å².